The molecule has 5 nitrogen and oxygen atoms in total. The lowest BCUT2D eigenvalue weighted by molar-refractivity contribution is -0.137. The van der Waals surface area contributed by atoms with Crippen LogP contribution in [0.5, 0.6) is 0 Å². The van der Waals surface area contributed by atoms with Crippen LogP contribution >= 0.6 is 34.7 Å². The highest BCUT2D eigenvalue weighted by atomic mass is 35.5. The molecule has 0 aliphatic rings. The summed E-state index contributed by atoms with van der Waals surface area (Å²) in [6, 6.07) is 4.35. The third kappa shape index (κ3) is 7.33. The number of pyridine rings is 1. The first-order valence-corrected chi connectivity index (χ1v) is 10.5. The van der Waals surface area contributed by atoms with Crippen LogP contribution in [-0.4, -0.2) is 35.6 Å². The van der Waals surface area contributed by atoms with Crippen LogP contribution in [0.15, 0.2) is 34.8 Å². The van der Waals surface area contributed by atoms with E-state index in [0.29, 0.717) is 30.1 Å². The summed E-state index contributed by atoms with van der Waals surface area (Å²) < 4.78 is 37.7. The molecule has 11 heteroatoms. The van der Waals surface area contributed by atoms with Gasteiger partial charge in [-0.2, -0.15) is 13.2 Å². The summed E-state index contributed by atoms with van der Waals surface area (Å²) in [5.41, 5.74) is -0.902. The first-order valence-electron chi connectivity index (χ1n) is 8.21. The molecule has 0 fully saturated rings. The number of thioether (sulfide) groups is 1. The predicted octanol–water partition coefficient (Wildman–Crippen LogP) is 4.23. The fourth-order valence-corrected chi connectivity index (χ4v) is 3.75. The Morgan fingerprint density at radius 1 is 1.25 bits per heavy atom. The number of thiophene rings is 1. The summed E-state index contributed by atoms with van der Waals surface area (Å²) in [5.74, 6) is 0.0871. The van der Waals surface area contributed by atoms with E-state index in [0.717, 1.165) is 24.0 Å². The summed E-state index contributed by atoms with van der Waals surface area (Å²) in [7, 11) is 0. The van der Waals surface area contributed by atoms with E-state index in [-0.39, 0.29) is 28.3 Å². The lowest BCUT2D eigenvalue weighted by Gasteiger charge is -2.09. The quantitative estimate of drug-likeness (QED) is 0.442. The Balaban J connectivity index is 1.60. The molecule has 2 amide bonds. The average Bonchev–Trinajstić information content (AvgIpc) is 3.17. The second kappa shape index (κ2) is 10.7. The molecule has 0 aliphatic carbocycles. The third-order valence-electron chi connectivity index (χ3n) is 3.41. The Morgan fingerprint density at radius 3 is 2.68 bits per heavy atom. The van der Waals surface area contributed by atoms with Crippen LogP contribution in [-0.2, 0) is 11.0 Å². The molecule has 152 valence electrons. The van der Waals surface area contributed by atoms with E-state index in [4.69, 9.17) is 11.6 Å². The van der Waals surface area contributed by atoms with Gasteiger partial charge in [-0.25, -0.2) is 4.98 Å². The fraction of sp³-hybridized carbons (Fsp3) is 0.353. The summed E-state index contributed by atoms with van der Waals surface area (Å²) in [4.78, 5) is 27.8. The van der Waals surface area contributed by atoms with Gasteiger partial charge >= 0.3 is 6.18 Å². The number of aromatic nitrogens is 1. The van der Waals surface area contributed by atoms with Crippen molar-refractivity contribution >= 4 is 46.5 Å². The highest BCUT2D eigenvalue weighted by Gasteiger charge is 2.31. The van der Waals surface area contributed by atoms with Crippen molar-refractivity contribution in [2.75, 3.05) is 18.8 Å². The minimum atomic E-state index is -4.49. The number of carbonyl (C=O) groups is 2. The average molecular weight is 452 g/mol. The second-order valence-corrected chi connectivity index (χ2v) is 7.98. The molecule has 2 N–H and O–H groups in total. The molecule has 0 saturated carbocycles. The van der Waals surface area contributed by atoms with Crippen molar-refractivity contribution in [3.63, 3.8) is 0 Å². The zero-order chi connectivity index (χ0) is 20.6. The maximum atomic E-state index is 12.6. The van der Waals surface area contributed by atoms with Crippen molar-refractivity contribution in [3.8, 4) is 0 Å². The zero-order valence-electron chi connectivity index (χ0n) is 14.5. The van der Waals surface area contributed by atoms with Crippen LogP contribution in [0.1, 0.15) is 28.1 Å². The van der Waals surface area contributed by atoms with E-state index < -0.39 is 11.7 Å². The molecular weight excluding hydrogens is 435 g/mol. The first kappa shape index (κ1) is 22.5. The molecule has 0 radical (unpaired) electrons. The molecule has 2 heterocycles. The van der Waals surface area contributed by atoms with Crippen LogP contribution in [0.2, 0.25) is 5.02 Å². The van der Waals surface area contributed by atoms with Crippen LogP contribution in [0.3, 0.4) is 0 Å². The monoisotopic (exact) mass is 451 g/mol. The van der Waals surface area contributed by atoms with Gasteiger partial charge in [-0.05, 0) is 23.9 Å². The number of carbonyl (C=O) groups excluding carboxylic acids is 2. The molecule has 2 aromatic heterocycles. The molecule has 0 bridgehead atoms. The maximum Gasteiger partial charge on any atom is 0.417 e. The van der Waals surface area contributed by atoms with Gasteiger partial charge in [-0.1, -0.05) is 17.7 Å². The van der Waals surface area contributed by atoms with Gasteiger partial charge in [0.05, 0.1) is 15.5 Å². The minimum Gasteiger partial charge on any atom is -0.355 e. The minimum absolute atomic E-state index is 0.0763. The molecule has 0 unspecified atom stereocenters. The van der Waals surface area contributed by atoms with E-state index in [1.165, 1.54) is 11.3 Å². The highest BCUT2D eigenvalue weighted by molar-refractivity contribution is 7.99. The highest BCUT2D eigenvalue weighted by Crippen LogP contribution is 2.33. The van der Waals surface area contributed by atoms with Crippen LogP contribution < -0.4 is 10.6 Å². The zero-order valence-corrected chi connectivity index (χ0v) is 16.9. The third-order valence-corrected chi connectivity index (χ3v) is 5.68. The van der Waals surface area contributed by atoms with Crippen LogP contribution in [0.25, 0.3) is 0 Å². The molecule has 0 atom stereocenters. The maximum absolute atomic E-state index is 12.6. The Labute approximate surface area is 173 Å². The molecular formula is C17H17ClF3N3O2S2. The number of hydrogen-bond donors (Lipinski definition) is 2. The summed E-state index contributed by atoms with van der Waals surface area (Å²) in [6.07, 6.45) is -2.99. The van der Waals surface area contributed by atoms with Crippen molar-refractivity contribution in [2.45, 2.75) is 24.0 Å². The lowest BCUT2D eigenvalue weighted by Crippen LogP contribution is -2.28. The van der Waals surface area contributed by atoms with Gasteiger partial charge in [0.15, 0.2) is 0 Å². The van der Waals surface area contributed by atoms with Gasteiger partial charge in [-0.15, -0.1) is 23.1 Å². The fourth-order valence-electron chi connectivity index (χ4n) is 2.06. The van der Waals surface area contributed by atoms with Gasteiger partial charge < -0.3 is 10.6 Å². The Kier molecular flexibility index (Phi) is 8.58. The van der Waals surface area contributed by atoms with Gasteiger partial charge in [0.2, 0.25) is 5.91 Å². The largest absolute Gasteiger partial charge is 0.417 e. The van der Waals surface area contributed by atoms with Crippen LogP contribution in [0.4, 0.5) is 13.2 Å². The van der Waals surface area contributed by atoms with Crippen molar-refractivity contribution in [1.82, 2.24) is 15.6 Å². The summed E-state index contributed by atoms with van der Waals surface area (Å²) in [6.45, 7) is 0.716. The first-order chi connectivity index (χ1) is 13.3. The Morgan fingerprint density at radius 2 is 2.04 bits per heavy atom. The summed E-state index contributed by atoms with van der Waals surface area (Å²) >= 11 is 8.32. The smallest absolute Gasteiger partial charge is 0.355 e. The molecule has 2 aromatic rings. The van der Waals surface area contributed by atoms with Gasteiger partial charge in [0.25, 0.3) is 5.91 Å². The Bertz CT molecular complexity index is 801. The van der Waals surface area contributed by atoms with Crippen molar-refractivity contribution in [2.24, 2.45) is 0 Å². The van der Waals surface area contributed by atoms with Crippen molar-refractivity contribution in [3.05, 3.63) is 45.2 Å². The van der Waals surface area contributed by atoms with Gasteiger partial charge in [0.1, 0.15) is 5.03 Å². The van der Waals surface area contributed by atoms with Crippen LogP contribution in [0, 0.1) is 0 Å². The normalized spacial score (nSPS) is 11.3. The number of halogens is 4. The Hall–Kier alpha value is -1.78. The van der Waals surface area contributed by atoms with Gasteiger partial charge in [-0.3, -0.25) is 9.59 Å². The van der Waals surface area contributed by atoms with Crippen molar-refractivity contribution in [1.29, 1.82) is 0 Å². The van der Waals surface area contributed by atoms with E-state index in [1.54, 1.807) is 12.1 Å². The molecule has 0 aliphatic heterocycles. The number of alkyl halides is 3. The van der Waals surface area contributed by atoms with Gasteiger partial charge in [0, 0.05) is 31.5 Å². The van der Waals surface area contributed by atoms with E-state index >= 15 is 0 Å². The van der Waals surface area contributed by atoms with Crippen molar-refractivity contribution < 1.29 is 22.8 Å². The molecule has 28 heavy (non-hydrogen) atoms. The molecule has 0 aromatic carbocycles. The molecule has 0 saturated heterocycles. The lowest BCUT2D eigenvalue weighted by atomic mass is 10.3. The van der Waals surface area contributed by atoms with E-state index in [1.807, 2.05) is 5.38 Å². The standard InChI is InChI=1S/C17H17ClF3N3O2S2/c18-12-9-11(17(19,20)21)10-24-16(12)28-8-6-22-14(25)4-1-5-23-15(26)13-3-2-7-27-13/h2-3,7,9-10H,1,4-6,8H2,(H,22,25)(H,23,26). The SMILES string of the molecule is O=C(CCCNC(=O)c1cccs1)NCCSc1ncc(C(F)(F)F)cc1Cl. The molecule has 0 spiro atoms. The topological polar surface area (TPSA) is 71.1 Å². The number of nitrogens with zero attached hydrogens (tertiary/aromatic N) is 1. The summed E-state index contributed by atoms with van der Waals surface area (Å²) in [5, 5.41) is 7.45. The number of nitrogens with one attached hydrogen (secondary N) is 2. The second-order valence-electron chi connectivity index (χ2n) is 5.54. The van der Waals surface area contributed by atoms with E-state index in [2.05, 4.69) is 15.6 Å². The van der Waals surface area contributed by atoms with E-state index in [9.17, 15) is 22.8 Å². The number of rotatable bonds is 9. The molecule has 2 rings (SSSR count). The number of amides is 2. The predicted molar refractivity (Wildman–Crippen MR) is 104 cm³/mol. The number of hydrogen-bond acceptors (Lipinski definition) is 5.